The molecule has 1 fully saturated rings. The summed E-state index contributed by atoms with van der Waals surface area (Å²) in [7, 11) is 0. The zero-order chi connectivity index (χ0) is 18.9. The lowest BCUT2D eigenvalue weighted by atomic mass is 10.1. The molecule has 7 nitrogen and oxygen atoms in total. The van der Waals surface area contributed by atoms with Crippen molar-refractivity contribution in [1.82, 2.24) is 10.2 Å². The predicted octanol–water partition coefficient (Wildman–Crippen LogP) is 1.40. The summed E-state index contributed by atoms with van der Waals surface area (Å²) >= 11 is 0. The van der Waals surface area contributed by atoms with Crippen LogP contribution in [-0.2, 0) is 14.3 Å². The Hall–Kier alpha value is -1.96. The zero-order valence-corrected chi connectivity index (χ0v) is 15.6. The third-order valence-corrected chi connectivity index (χ3v) is 4.62. The minimum absolute atomic E-state index is 0.0974. The van der Waals surface area contributed by atoms with Gasteiger partial charge in [0.1, 0.15) is 6.04 Å². The minimum Gasteiger partial charge on any atom is -0.480 e. The van der Waals surface area contributed by atoms with Gasteiger partial charge >= 0.3 is 5.97 Å². The number of anilines is 1. The van der Waals surface area contributed by atoms with E-state index in [4.69, 9.17) is 4.74 Å². The van der Waals surface area contributed by atoms with E-state index in [1.807, 2.05) is 32.0 Å². The van der Waals surface area contributed by atoms with Crippen molar-refractivity contribution >= 4 is 17.6 Å². The fourth-order valence-corrected chi connectivity index (χ4v) is 2.87. The molecular weight excluding hydrogens is 334 g/mol. The fraction of sp³-hybridized carbons (Fsp3) is 0.579. The second-order valence-electron chi connectivity index (χ2n) is 6.70. The van der Waals surface area contributed by atoms with Gasteiger partial charge in [-0.2, -0.15) is 0 Å². The number of morpholine rings is 1. The van der Waals surface area contributed by atoms with Crippen LogP contribution in [0.15, 0.2) is 18.2 Å². The van der Waals surface area contributed by atoms with Gasteiger partial charge in [-0.25, -0.2) is 0 Å². The standard InChI is InChI=1S/C19H29N3O4/c1-14-4-5-16(12-15(14)2)21-18(23)13-17(19(24)25)20-6-3-7-22-8-10-26-11-9-22/h4-5,12,17,20H,3,6-11,13H2,1-2H3,(H,21,23)(H,24,25)/t17-/m1/s1. The summed E-state index contributed by atoms with van der Waals surface area (Å²) < 4.78 is 5.30. The van der Waals surface area contributed by atoms with E-state index in [0.717, 1.165) is 50.4 Å². The molecule has 0 aliphatic carbocycles. The predicted molar refractivity (Wildman–Crippen MR) is 100 cm³/mol. The summed E-state index contributed by atoms with van der Waals surface area (Å²) in [6.07, 6.45) is 0.738. The van der Waals surface area contributed by atoms with Crippen molar-refractivity contribution in [3.8, 4) is 0 Å². The Morgan fingerprint density at radius 1 is 1.23 bits per heavy atom. The van der Waals surface area contributed by atoms with Crippen LogP contribution in [0.3, 0.4) is 0 Å². The molecule has 1 amide bonds. The van der Waals surface area contributed by atoms with Gasteiger partial charge in [0.25, 0.3) is 0 Å². The Balaban J connectivity index is 1.74. The average Bonchev–Trinajstić information content (AvgIpc) is 2.61. The van der Waals surface area contributed by atoms with Crippen LogP contribution in [0.2, 0.25) is 0 Å². The molecule has 1 atom stereocenters. The molecule has 26 heavy (non-hydrogen) atoms. The first-order valence-electron chi connectivity index (χ1n) is 9.09. The number of amides is 1. The van der Waals surface area contributed by atoms with Crippen molar-refractivity contribution < 1.29 is 19.4 Å². The van der Waals surface area contributed by atoms with E-state index in [9.17, 15) is 14.7 Å². The van der Waals surface area contributed by atoms with Gasteiger partial charge in [-0.05, 0) is 56.6 Å². The number of carbonyl (C=O) groups is 2. The van der Waals surface area contributed by atoms with Gasteiger partial charge < -0.3 is 20.5 Å². The van der Waals surface area contributed by atoms with Crippen LogP contribution < -0.4 is 10.6 Å². The average molecular weight is 363 g/mol. The van der Waals surface area contributed by atoms with Crippen molar-refractivity contribution in [2.45, 2.75) is 32.7 Å². The van der Waals surface area contributed by atoms with Gasteiger partial charge in [-0.3, -0.25) is 14.5 Å². The van der Waals surface area contributed by atoms with Crippen molar-refractivity contribution in [3.63, 3.8) is 0 Å². The Morgan fingerprint density at radius 3 is 2.62 bits per heavy atom. The topological polar surface area (TPSA) is 90.9 Å². The smallest absolute Gasteiger partial charge is 0.321 e. The van der Waals surface area contributed by atoms with Gasteiger partial charge in [0.2, 0.25) is 5.91 Å². The van der Waals surface area contributed by atoms with Crippen LogP contribution in [0, 0.1) is 13.8 Å². The molecule has 0 radical (unpaired) electrons. The number of carboxylic acids is 1. The fourth-order valence-electron chi connectivity index (χ4n) is 2.87. The molecule has 0 saturated carbocycles. The summed E-state index contributed by atoms with van der Waals surface area (Å²) in [5.41, 5.74) is 2.92. The number of carboxylic acid groups (broad SMARTS) is 1. The molecular formula is C19H29N3O4. The lowest BCUT2D eigenvalue weighted by molar-refractivity contribution is -0.141. The van der Waals surface area contributed by atoms with Crippen LogP contribution in [-0.4, -0.2) is 67.3 Å². The Kier molecular flexibility index (Phi) is 8.03. The highest BCUT2D eigenvalue weighted by Gasteiger charge is 2.21. The van der Waals surface area contributed by atoms with E-state index in [-0.39, 0.29) is 12.3 Å². The monoisotopic (exact) mass is 363 g/mol. The lowest BCUT2D eigenvalue weighted by Crippen LogP contribution is -2.42. The summed E-state index contributed by atoms with van der Waals surface area (Å²) in [5.74, 6) is -1.31. The van der Waals surface area contributed by atoms with Gasteiger partial charge in [0.05, 0.1) is 19.6 Å². The number of nitrogens with one attached hydrogen (secondary N) is 2. The minimum atomic E-state index is -1.01. The number of carbonyl (C=O) groups excluding carboxylic acids is 1. The van der Waals surface area contributed by atoms with E-state index < -0.39 is 12.0 Å². The van der Waals surface area contributed by atoms with Crippen molar-refractivity contribution in [2.75, 3.05) is 44.7 Å². The van der Waals surface area contributed by atoms with Gasteiger partial charge in [0, 0.05) is 18.8 Å². The Bertz CT molecular complexity index is 615. The van der Waals surface area contributed by atoms with Crippen molar-refractivity contribution in [2.24, 2.45) is 0 Å². The van der Waals surface area contributed by atoms with E-state index in [1.165, 1.54) is 0 Å². The van der Waals surface area contributed by atoms with Crippen LogP contribution in [0.1, 0.15) is 24.0 Å². The molecule has 1 saturated heterocycles. The highest BCUT2D eigenvalue weighted by Crippen LogP contribution is 2.14. The molecule has 3 N–H and O–H groups in total. The molecule has 0 aromatic heterocycles. The second kappa shape index (κ2) is 10.3. The lowest BCUT2D eigenvalue weighted by Gasteiger charge is -2.26. The summed E-state index contributed by atoms with van der Waals surface area (Å²) in [4.78, 5) is 25.9. The van der Waals surface area contributed by atoms with Gasteiger partial charge in [-0.1, -0.05) is 6.07 Å². The van der Waals surface area contributed by atoms with Crippen LogP contribution in [0.25, 0.3) is 0 Å². The number of ether oxygens (including phenoxy) is 1. The number of benzene rings is 1. The first-order valence-corrected chi connectivity index (χ1v) is 9.09. The number of aliphatic carboxylic acids is 1. The third kappa shape index (κ3) is 6.74. The van der Waals surface area contributed by atoms with E-state index in [2.05, 4.69) is 15.5 Å². The van der Waals surface area contributed by atoms with Crippen molar-refractivity contribution in [3.05, 3.63) is 29.3 Å². The number of hydrogen-bond donors (Lipinski definition) is 3. The van der Waals surface area contributed by atoms with Crippen LogP contribution >= 0.6 is 0 Å². The molecule has 0 bridgehead atoms. The molecule has 1 aromatic carbocycles. The molecule has 1 heterocycles. The molecule has 7 heteroatoms. The van der Waals surface area contributed by atoms with Crippen LogP contribution in [0.4, 0.5) is 5.69 Å². The first-order chi connectivity index (χ1) is 12.5. The number of aryl methyl sites for hydroxylation is 2. The maximum absolute atomic E-state index is 12.2. The highest BCUT2D eigenvalue weighted by atomic mass is 16.5. The summed E-state index contributed by atoms with van der Waals surface area (Å²) in [6, 6.07) is 4.76. The molecule has 1 aliphatic heterocycles. The normalized spacial score (nSPS) is 16.2. The van der Waals surface area contributed by atoms with E-state index >= 15 is 0 Å². The van der Waals surface area contributed by atoms with E-state index in [1.54, 1.807) is 0 Å². The van der Waals surface area contributed by atoms with Gasteiger partial charge in [-0.15, -0.1) is 0 Å². The zero-order valence-electron chi connectivity index (χ0n) is 15.6. The molecule has 0 unspecified atom stereocenters. The van der Waals surface area contributed by atoms with Crippen molar-refractivity contribution in [1.29, 1.82) is 0 Å². The maximum Gasteiger partial charge on any atom is 0.321 e. The second-order valence-corrected chi connectivity index (χ2v) is 6.70. The molecule has 1 aliphatic rings. The summed E-state index contributed by atoms with van der Waals surface area (Å²) in [6.45, 7) is 8.78. The Labute approximate surface area is 154 Å². The quantitative estimate of drug-likeness (QED) is 0.575. The molecule has 2 rings (SSSR count). The molecule has 144 valence electrons. The third-order valence-electron chi connectivity index (χ3n) is 4.62. The Morgan fingerprint density at radius 2 is 1.96 bits per heavy atom. The molecule has 1 aromatic rings. The highest BCUT2D eigenvalue weighted by molar-refractivity contribution is 5.94. The molecule has 0 spiro atoms. The van der Waals surface area contributed by atoms with E-state index in [0.29, 0.717) is 12.2 Å². The van der Waals surface area contributed by atoms with Crippen LogP contribution in [0.5, 0.6) is 0 Å². The van der Waals surface area contributed by atoms with Gasteiger partial charge in [0.15, 0.2) is 0 Å². The maximum atomic E-state index is 12.2. The number of rotatable bonds is 9. The largest absolute Gasteiger partial charge is 0.480 e. The number of hydrogen-bond acceptors (Lipinski definition) is 5. The number of nitrogens with zero attached hydrogens (tertiary/aromatic N) is 1. The SMILES string of the molecule is Cc1ccc(NC(=O)C[C@@H](NCCCN2CCOCC2)C(=O)O)cc1C. The summed E-state index contributed by atoms with van der Waals surface area (Å²) in [5, 5.41) is 15.1. The first kappa shape index (κ1) is 20.4.